The fraction of sp³-hybridized carbons (Fsp3) is 0.263. The fourth-order valence-electron chi connectivity index (χ4n) is 2.59. The first-order chi connectivity index (χ1) is 12.0. The van der Waals surface area contributed by atoms with Gasteiger partial charge >= 0.3 is 0 Å². The van der Waals surface area contributed by atoms with Crippen molar-refractivity contribution in [1.29, 1.82) is 0 Å². The summed E-state index contributed by atoms with van der Waals surface area (Å²) in [4.78, 5) is 17.9. The summed E-state index contributed by atoms with van der Waals surface area (Å²) in [6.07, 6.45) is 0. The number of carbonyl (C=O) groups is 1. The van der Waals surface area contributed by atoms with E-state index in [4.69, 9.17) is 0 Å². The summed E-state index contributed by atoms with van der Waals surface area (Å²) in [6.45, 7) is 2.58. The van der Waals surface area contributed by atoms with Crippen molar-refractivity contribution in [2.24, 2.45) is 0 Å². The Balaban J connectivity index is 1.58. The Morgan fingerprint density at radius 3 is 2.72 bits per heavy atom. The molecule has 0 saturated heterocycles. The number of benzene rings is 2. The second-order valence-electron chi connectivity index (χ2n) is 6.13. The minimum atomic E-state index is -0.300. The molecule has 0 radical (unpaired) electrons. The molecule has 6 heteroatoms. The molecule has 2 N–H and O–H groups in total. The minimum absolute atomic E-state index is 0.103. The lowest BCUT2D eigenvalue weighted by molar-refractivity contribution is -0.902. The number of quaternary nitrogens is 1. The van der Waals surface area contributed by atoms with Crippen molar-refractivity contribution in [3.8, 4) is 0 Å². The van der Waals surface area contributed by atoms with Gasteiger partial charge in [-0.05, 0) is 25.1 Å². The summed E-state index contributed by atoms with van der Waals surface area (Å²) >= 11 is 1.66. The highest BCUT2D eigenvalue weighted by Crippen LogP contribution is 2.24. The summed E-state index contributed by atoms with van der Waals surface area (Å²) in [5.41, 5.74) is 1.49. The molecule has 130 valence electrons. The number of hydrogen-bond acceptors (Lipinski definition) is 3. The maximum absolute atomic E-state index is 13.6. The van der Waals surface area contributed by atoms with E-state index in [1.54, 1.807) is 29.5 Å². The Kier molecular flexibility index (Phi) is 5.40. The molecule has 0 bridgehead atoms. The van der Waals surface area contributed by atoms with Gasteiger partial charge in [0.15, 0.2) is 11.6 Å². The molecular formula is C19H21FN3OS+. The average molecular weight is 358 g/mol. The number of aromatic nitrogens is 1. The summed E-state index contributed by atoms with van der Waals surface area (Å²) in [7, 11) is 1.97. The van der Waals surface area contributed by atoms with Crippen LogP contribution < -0.4 is 10.2 Å². The largest absolute Gasteiger partial charge is 0.347 e. The zero-order chi connectivity index (χ0) is 17.8. The number of nitrogens with zero attached hydrogens (tertiary/aromatic N) is 1. The van der Waals surface area contributed by atoms with E-state index in [9.17, 15) is 9.18 Å². The van der Waals surface area contributed by atoms with Crippen LogP contribution in [-0.2, 0) is 11.3 Å². The molecule has 2 aromatic carbocycles. The summed E-state index contributed by atoms with van der Waals surface area (Å²) < 4.78 is 14.7. The third-order valence-corrected chi connectivity index (χ3v) is 5.51. The molecule has 3 rings (SSSR count). The molecular weight excluding hydrogens is 337 g/mol. The molecule has 4 nitrogen and oxygen atoms in total. The van der Waals surface area contributed by atoms with Crippen molar-refractivity contribution in [3.05, 3.63) is 64.9 Å². The Morgan fingerprint density at radius 2 is 1.96 bits per heavy atom. The maximum Gasteiger partial charge on any atom is 0.275 e. The molecule has 3 aromatic rings. The Hall–Kier alpha value is -2.31. The van der Waals surface area contributed by atoms with Gasteiger partial charge in [-0.15, -0.1) is 11.3 Å². The van der Waals surface area contributed by atoms with Crippen LogP contribution in [0, 0.1) is 5.82 Å². The van der Waals surface area contributed by atoms with Crippen molar-refractivity contribution in [2.45, 2.75) is 19.5 Å². The van der Waals surface area contributed by atoms with E-state index in [0.717, 1.165) is 20.1 Å². The second-order valence-corrected chi connectivity index (χ2v) is 7.20. The maximum atomic E-state index is 13.6. The Labute approximate surface area is 150 Å². The van der Waals surface area contributed by atoms with Gasteiger partial charge in [-0.1, -0.05) is 30.3 Å². The van der Waals surface area contributed by atoms with Crippen LogP contribution in [0.4, 0.5) is 4.39 Å². The number of nitrogens with one attached hydrogen (secondary N) is 2. The molecule has 25 heavy (non-hydrogen) atoms. The van der Waals surface area contributed by atoms with Crippen molar-refractivity contribution in [1.82, 2.24) is 10.3 Å². The first-order valence-corrected chi connectivity index (χ1v) is 9.04. The Morgan fingerprint density at radius 1 is 1.24 bits per heavy atom. The number of amides is 1. The predicted octanol–water partition coefficient (Wildman–Crippen LogP) is 2.33. The summed E-state index contributed by atoms with van der Waals surface area (Å²) in [6, 6.07) is 14.6. The lowest BCUT2D eigenvalue weighted by Gasteiger charge is -2.19. The molecule has 2 atom stereocenters. The molecule has 0 aliphatic carbocycles. The zero-order valence-electron chi connectivity index (χ0n) is 14.3. The van der Waals surface area contributed by atoms with Gasteiger partial charge < -0.3 is 10.2 Å². The van der Waals surface area contributed by atoms with Gasteiger partial charge in [-0.3, -0.25) is 4.79 Å². The SMILES string of the molecule is C[C@@H](c1nc2ccccc2s1)[NH+](C)CC(=O)NCc1ccccc1F. The molecule has 1 unspecified atom stereocenters. The van der Waals surface area contributed by atoms with Crippen LogP contribution in [0.5, 0.6) is 0 Å². The first kappa shape index (κ1) is 17.5. The van der Waals surface area contributed by atoms with Crippen LogP contribution in [0.2, 0.25) is 0 Å². The topological polar surface area (TPSA) is 46.4 Å². The van der Waals surface area contributed by atoms with Crippen LogP contribution >= 0.6 is 11.3 Å². The number of likely N-dealkylation sites (N-methyl/N-ethyl adjacent to an activating group) is 1. The van der Waals surface area contributed by atoms with Crippen LogP contribution in [-0.4, -0.2) is 24.5 Å². The van der Waals surface area contributed by atoms with E-state index >= 15 is 0 Å². The van der Waals surface area contributed by atoms with Crippen LogP contribution in [0.1, 0.15) is 23.5 Å². The quantitative estimate of drug-likeness (QED) is 0.710. The van der Waals surface area contributed by atoms with Gasteiger partial charge in [-0.2, -0.15) is 0 Å². The lowest BCUT2D eigenvalue weighted by atomic mass is 10.2. The molecule has 0 aliphatic rings. The number of carbonyl (C=O) groups excluding carboxylic acids is 1. The zero-order valence-corrected chi connectivity index (χ0v) is 15.1. The van der Waals surface area contributed by atoms with Crippen molar-refractivity contribution in [3.63, 3.8) is 0 Å². The normalized spacial score (nSPS) is 13.6. The first-order valence-electron chi connectivity index (χ1n) is 8.22. The number of hydrogen-bond donors (Lipinski definition) is 2. The molecule has 0 spiro atoms. The molecule has 1 aromatic heterocycles. The summed E-state index contributed by atoms with van der Waals surface area (Å²) in [5.74, 6) is -0.403. The number of thiazole rings is 1. The van der Waals surface area contributed by atoms with Crippen molar-refractivity contribution < 1.29 is 14.1 Å². The monoisotopic (exact) mass is 358 g/mol. The fourth-order valence-corrected chi connectivity index (χ4v) is 3.70. The Bertz CT molecular complexity index is 847. The van der Waals surface area contributed by atoms with Gasteiger partial charge in [0.2, 0.25) is 0 Å². The average Bonchev–Trinajstić information content (AvgIpc) is 3.04. The van der Waals surface area contributed by atoms with Gasteiger partial charge in [-0.25, -0.2) is 9.37 Å². The molecule has 1 amide bonds. The smallest absolute Gasteiger partial charge is 0.275 e. The number of para-hydroxylation sites is 1. The molecule has 0 fully saturated rings. The van der Waals surface area contributed by atoms with E-state index in [2.05, 4.69) is 23.3 Å². The van der Waals surface area contributed by atoms with Crippen LogP contribution in [0.25, 0.3) is 10.2 Å². The second kappa shape index (κ2) is 7.72. The lowest BCUT2D eigenvalue weighted by Crippen LogP contribution is -3.10. The number of fused-ring (bicyclic) bond motifs is 1. The van der Waals surface area contributed by atoms with Gasteiger partial charge in [0.25, 0.3) is 5.91 Å². The molecule has 1 heterocycles. The van der Waals surface area contributed by atoms with Crippen molar-refractivity contribution >= 4 is 27.5 Å². The van der Waals surface area contributed by atoms with Gasteiger partial charge in [0.05, 0.1) is 17.3 Å². The van der Waals surface area contributed by atoms with E-state index in [1.807, 2.05) is 25.2 Å². The van der Waals surface area contributed by atoms with Crippen LogP contribution in [0.15, 0.2) is 48.5 Å². The molecule has 0 aliphatic heterocycles. The third-order valence-electron chi connectivity index (χ3n) is 4.29. The standard InChI is InChI=1S/C19H20FN3OS/c1-13(19-22-16-9-5-6-10-17(16)25-19)23(2)12-18(24)21-11-14-7-3-4-8-15(14)20/h3-10,13H,11-12H2,1-2H3,(H,21,24)/p+1/t13-/m0/s1. The van der Waals surface area contributed by atoms with Gasteiger partial charge in [0, 0.05) is 12.1 Å². The van der Waals surface area contributed by atoms with E-state index in [0.29, 0.717) is 12.1 Å². The van der Waals surface area contributed by atoms with E-state index in [1.165, 1.54) is 6.07 Å². The summed E-state index contributed by atoms with van der Waals surface area (Å²) in [5, 5.41) is 3.80. The van der Waals surface area contributed by atoms with Gasteiger partial charge in [0.1, 0.15) is 11.9 Å². The number of halogens is 1. The number of rotatable bonds is 6. The predicted molar refractivity (Wildman–Crippen MR) is 98.0 cm³/mol. The highest BCUT2D eigenvalue weighted by molar-refractivity contribution is 7.18. The minimum Gasteiger partial charge on any atom is -0.347 e. The molecule has 0 saturated carbocycles. The van der Waals surface area contributed by atoms with Crippen LogP contribution in [0.3, 0.4) is 0 Å². The highest BCUT2D eigenvalue weighted by Gasteiger charge is 2.22. The highest BCUT2D eigenvalue weighted by atomic mass is 32.1. The van der Waals surface area contributed by atoms with Crippen molar-refractivity contribution in [2.75, 3.05) is 13.6 Å². The van der Waals surface area contributed by atoms with E-state index in [-0.39, 0.29) is 24.3 Å². The van der Waals surface area contributed by atoms with E-state index < -0.39 is 0 Å². The third kappa shape index (κ3) is 4.21.